The third kappa shape index (κ3) is 2.66. The number of carbonyl (C=O) groups is 1. The van der Waals surface area contributed by atoms with Gasteiger partial charge in [0.2, 0.25) is 0 Å². The number of ether oxygens (including phenoxy) is 1. The smallest absolute Gasteiger partial charge is 0.189 e. The molecule has 13 heavy (non-hydrogen) atoms. The molecule has 2 heteroatoms. The van der Waals surface area contributed by atoms with Crippen LogP contribution in [0.4, 0.5) is 0 Å². The normalized spacial score (nSPS) is 11.4. The first kappa shape index (κ1) is 12.4. The number of rotatable bonds is 6. The van der Waals surface area contributed by atoms with E-state index in [1.807, 2.05) is 20.8 Å². The third-order valence-electron chi connectivity index (χ3n) is 2.36. The Balaban J connectivity index is 4.74. The summed E-state index contributed by atoms with van der Waals surface area (Å²) in [5.41, 5.74) is -0.0437. The minimum atomic E-state index is -0.624. The van der Waals surface area contributed by atoms with E-state index in [2.05, 4.69) is 6.58 Å². The van der Waals surface area contributed by atoms with Gasteiger partial charge in [-0.05, 0) is 32.3 Å². The lowest BCUT2D eigenvalue weighted by molar-refractivity contribution is -0.141. The number of ketones is 1. The Morgan fingerprint density at radius 2 is 1.77 bits per heavy atom. The Bertz CT molecular complexity index is 190. The average Bonchev–Trinajstić information content (AvgIpc) is 2.13. The highest BCUT2D eigenvalue weighted by atomic mass is 16.5. The maximum Gasteiger partial charge on any atom is 0.189 e. The Labute approximate surface area is 81.0 Å². The molecule has 0 aliphatic carbocycles. The summed E-state index contributed by atoms with van der Waals surface area (Å²) in [7, 11) is 0. The average molecular weight is 184 g/mol. The number of Topliss-reactive ketones (excluding diaryl/α,β-unsaturated/α-hetero) is 1. The second-order valence-corrected chi connectivity index (χ2v) is 3.24. The molecule has 0 aromatic carbocycles. The summed E-state index contributed by atoms with van der Waals surface area (Å²) in [6.45, 7) is 11.8. The van der Waals surface area contributed by atoms with Gasteiger partial charge < -0.3 is 4.74 Å². The van der Waals surface area contributed by atoms with Crippen LogP contribution in [0.1, 0.15) is 40.5 Å². The van der Waals surface area contributed by atoms with Crippen molar-refractivity contribution < 1.29 is 9.53 Å². The van der Waals surface area contributed by atoms with Crippen LogP contribution in [0.3, 0.4) is 0 Å². The Kier molecular flexibility index (Phi) is 4.92. The maximum atomic E-state index is 11.8. The van der Waals surface area contributed by atoms with E-state index in [4.69, 9.17) is 4.74 Å². The molecule has 0 amide bonds. The van der Waals surface area contributed by atoms with Gasteiger partial charge in [-0.25, -0.2) is 0 Å². The fourth-order valence-corrected chi connectivity index (χ4v) is 1.51. The molecule has 0 aliphatic rings. The van der Waals surface area contributed by atoms with Crippen molar-refractivity contribution in [2.75, 3.05) is 6.61 Å². The fourth-order valence-electron chi connectivity index (χ4n) is 1.51. The number of hydrogen-bond acceptors (Lipinski definition) is 2. The van der Waals surface area contributed by atoms with Crippen LogP contribution >= 0.6 is 0 Å². The summed E-state index contributed by atoms with van der Waals surface area (Å²) in [6.07, 6.45) is 1.42. The molecule has 0 spiro atoms. The molecule has 0 saturated carbocycles. The minimum absolute atomic E-state index is 0.0411. The van der Waals surface area contributed by atoms with Crippen molar-refractivity contribution >= 4 is 5.78 Å². The summed E-state index contributed by atoms with van der Waals surface area (Å²) in [5.74, 6) is 0.0411. The molecule has 76 valence electrons. The van der Waals surface area contributed by atoms with Gasteiger partial charge in [0.05, 0.1) is 0 Å². The Morgan fingerprint density at radius 1 is 1.31 bits per heavy atom. The summed E-state index contributed by atoms with van der Waals surface area (Å²) in [6, 6.07) is 0. The lowest BCUT2D eigenvalue weighted by Gasteiger charge is -2.29. The van der Waals surface area contributed by atoms with Crippen LogP contribution in [0.5, 0.6) is 0 Å². The first-order valence-corrected chi connectivity index (χ1v) is 4.88. The predicted molar refractivity (Wildman–Crippen MR) is 54.8 cm³/mol. The quantitative estimate of drug-likeness (QED) is 0.593. The lowest BCUT2D eigenvalue weighted by Crippen LogP contribution is -2.40. The molecule has 0 radical (unpaired) electrons. The van der Waals surface area contributed by atoms with Crippen molar-refractivity contribution in [2.24, 2.45) is 0 Å². The van der Waals surface area contributed by atoms with Crippen LogP contribution in [0.25, 0.3) is 0 Å². The minimum Gasteiger partial charge on any atom is -0.367 e. The molecule has 0 bridgehead atoms. The van der Waals surface area contributed by atoms with Gasteiger partial charge in [0.1, 0.15) is 5.60 Å². The molecule has 0 aromatic rings. The van der Waals surface area contributed by atoms with Crippen molar-refractivity contribution in [3.63, 3.8) is 0 Å². The Hall–Kier alpha value is -0.630. The van der Waals surface area contributed by atoms with E-state index in [0.717, 1.165) is 0 Å². The molecule has 0 heterocycles. The van der Waals surface area contributed by atoms with Gasteiger partial charge in [-0.3, -0.25) is 4.79 Å². The topological polar surface area (TPSA) is 26.3 Å². The van der Waals surface area contributed by atoms with Gasteiger partial charge in [0.15, 0.2) is 5.78 Å². The summed E-state index contributed by atoms with van der Waals surface area (Å²) in [5, 5.41) is 0. The zero-order chi connectivity index (χ0) is 10.5. The Morgan fingerprint density at radius 3 is 2.00 bits per heavy atom. The van der Waals surface area contributed by atoms with Gasteiger partial charge >= 0.3 is 0 Å². The van der Waals surface area contributed by atoms with E-state index in [9.17, 15) is 4.79 Å². The van der Waals surface area contributed by atoms with Crippen LogP contribution in [-0.2, 0) is 9.53 Å². The van der Waals surface area contributed by atoms with E-state index in [1.54, 1.807) is 6.92 Å². The van der Waals surface area contributed by atoms with E-state index in [0.29, 0.717) is 25.0 Å². The van der Waals surface area contributed by atoms with E-state index in [1.165, 1.54) is 0 Å². The molecule has 0 unspecified atom stereocenters. The number of hydrogen-bond donors (Lipinski definition) is 0. The highest BCUT2D eigenvalue weighted by Gasteiger charge is 2.35. The molecular weight excluding hydrogens is 164 g/mol. The molecule has 0 saturated heterocycles. The molecule has 0 rings (SSSR count). The third-order valence-corrected chi connectivity index (χ3v) is 2.36. The fraction of sp³-hybridized carbons (Fsp3) is 0.727. The van der Waals surface area contributed by atoms with E-state index in [-0.39, 0.29) is 5.78 Å². The molecule has 0 N–H and O–H groups in total. The highest BCUT2D eigenvalue weighted by Crippen LogP contribution is 2.24. The largest absolute Gasteiger partial charge is 0.367 e. The second kappa shape index (κ2) is 5.18. The van der Waals surface area contributed by atoms with Gasteiger partial charge in [0, 0.05) is 6.61 Å². The summed E-state index contributed by atoms with van der Waals surface area (Å²) < 4.78 is 5.54. The van der Waals surface area contributed by atoms with Crippen LogP contribution in [0, 0.1) is 0 Å². The first-order chi connectivity index (χ1) is 6.04. The zero-order valence-corrected chi connectivity index (χ0v) is 9.14. The van der Waals surface area contributed by atoms with Crippen LogP contribution in [-0.4, -0.2) is 18.0 Å². The van der Waals surface area contributed by atoms with Crippen molar-refractivity contribution in [1.82, 2.24) is 0 Å². The molecular formula is C11H20O2. The van der Waals surface area contributed by atoms with E-state index >= 15 is 0 Å². The summed E-state index contributed by atoms with van der Waals surface area (Å²) in [4.78, 5) is 11.8. The second-order valence-electron chi connectivity index (χ2n) is 3.24. The molecule has 0 aromatic heterocycles. The van der Waals surface area contributed by atoms with Crippen molar-refractivity contribution in [2.45, 2.75) is 46.1 Å². The van der Waals surface area contributed by atoms with Crippen LogP contribution < -0.4 is 0 Å². The lowest BCUT2D eigenvalue weighted by atomic mass is 9.88. The number of carbonyl (C=O) groups excluding carboxylic acids is 1. The molecule has 0 atom stereocenters. The van der Waals surface area contributed by atoms with Crippen molar-refractivity contribution in [1.29, 1.82) is 0 Å². The zero-order valence-electron chi connectivity index (χ0n) is 9.14. The molecule has 2 nitrogen and oxygen atoms in total. The van der Waals surface area contributed by atoms with Crippen molar-refractivity contribution in [3.8, 4) is 0 Å². The predicted octanol–water partition coefficient (Wildman–Crippen LogP) is 2.73. The van der Waals surface area contributed by atoms with Gasteiger partial charge in [-0.1, -0.05) is 20.4 Å². The first-order valence-electron chi connectivity index (χ1n) is 4.88. The van der Waals surface area contributed by atoms with E-state index < -0.39 is 5.60 Å². The van der Waals surface area contributed by atoms with Crippen LogP contribution in [0.2, 0.25) is 0 Å². The highest BCUT2D eigenvalue weighted by molar-refractivity contribution is 6.00. The van der Waals surface area contributed by atoms with Gasteiger partial charge in [0.25, 0.3) is 0 Å². The standard InChI is InChI=1S/C11H20O2/c1-6-11(7-2,13-8-3)10(12)9(4)5/h4,6-8H2,1-3,5H3. The monoisotopic (exact) mass is 184 g/mol. The SMILES string of the molecule is C=C(C)C(=O)C(CC)(CC)OCC. The van der Waals surface area contributed by atoms with Crippen LogP contribution in [0.15, 0.2) is 12.2 Å². The van der Waals surface area contributed by atoms with Gasteiger partial charge in [-0.2, -0.15) is 0 Å². The molecule has 0 aliphatic heterocycles. The van der Waals surface area contributed by atoms with Crippen molar-refractivity contribution in [3.05, 3.63) is 12.2 Å². The molecule has 0 fully saturated rings. The summed E-state index contributed by atoms with van der Waals surface area (Å²) >= 11 is 0. The van der Waals surface area contributed by atoms with Gasteiger partial charge in [-0.15, -0.1) is 0 Å². The maximum absolute atomic E-state index is 11.8.